The fraction of sp³-hybridized carbons (Fsp3) is 0.520. The monoisotopic (exact) mass is 436 g/mol. The largest absolute Gasteiger partial charge is 0.462 e. The van der Waals surface area contributed by atoms with E-state index in [1.807, 2.05) is 6.92 Å². The van der Waals surface area contributed by atoms with Gasteiger partial charge in [-0.1, -0.05) is 25.5 Å². The summed E-state index contributed by atoms with van der Waals surface area (Å²) in [6.07, 6.45) is 7.10. The molecule has 1 aromatic carbocycles. The van der Waals surface area contributed by atoms with Crippen molar-refractivity contribution < 1.29 is 23.9 Å². The molecule has 0 spiro atoms. The van der Waals surface area contributed by atoms with Gasteiger partial charge in [0, 0.05) is 5.69 Å². The zero-order valence-corrected chi connectivity index (χ0v) is 18.3. The van der Waals surface area contributed by atoms with E-state index in [4.69, 9.17) is 4.74 Å². The van der Waals surface area contributed by atoms with Crippen molar-refractivity contribution in [2.75, 3.05) is 11.9 Å². The third kappa shape index (κ3) is 3.26. The van der Waals surface area contributed by atoms with Gasteiger partial charge in [-0.25, -0.2) is 4.79 Å². The highest BCUT2D eigenvalue weighted by atomic mass is 16.5. The molecule has 4 aliphatic carbocycles. The number of imide groups is 1. The molecule has 5 aliphatic rings. The predicted molar refractivity (Wildman–Crippen MR) is 116 cm³/mol. The number of hydrogen-bond acceptors (Lipinski definition) is 5. The Morgan fingerprint density at radius 1 is 1.06 bits per heavy atom. The van der Waals surface area contributed by atoms with Crippen molar-refractivity contribution in [3.8, 4) is 0 Å². The molecule has 3 amide bonds. The summed E-state index contributed by atoms with van der Waals surface area (Å²) in [6, 6.07) is 5.52. The van der Waals surface area contributed by atoms with Crippen LogP contribution in [-0.4, -0.2) is 41.2 Å². The molecule has 0 aromatic heterocycles. The lowest BCUT2D eigenvalue weighted by atomic mass is 9.63. The average molecular weight is 437 g/mol. The molecule has 2 saturated carbocycles. The molecule has 3 fully saturated rings. The Hall–Kier alpha value is -2.96. The zero-order chi connectivity index (χ0) is 22.6. The number of likely N-dealkylation sites (tertiary alicyclic amines) is 1. The number of carbonyl (C=O) groups is 4. The minimum Gasteiger partial charge on any atom is -0.462 e. The van der Waals surface area contributed by atoms with Crippen LogP contribution in [0.1, 0.15) is 43.5 Å². The van der Waals surface area contributed by atoms with E-state index in [1.54, 1.807) is 31.2 Å². The first-order valence-electron chi connectivity index (χ1n) is 11.6. The van der Waals surface area contributed by atoms with Gasteiger partial charge in [0.2, 0.25) is 17.7 Å². The van der Waals surface area contributed by atoms with Crippen LogP contribution in [0, 0.1) is 35.5 Å². The first-order chi connectivity index (χ1) is 15.4. The van der Waals surface area contributed by atoms with Crippen molar-refractivity contribution in [2.24, 2.45) is 35.5 Å². The minimum absolute atomic E-state index is 0.135. The number of hydrogen-bond donors (Lipinski definition) is 1. The highest BCUT2D eigenvalue weighted by Gasteiger charge is 2.67. The molecule has 168 valence electrons. The molecule has 2 bridgehead atoms. The minimum atomic E-state index is -0.894. The maximum atomic E-state index is 13.2. The van der Waals surface area contributed by atoms with Crippen LogP contribution in [0.15, 0.2) is 36.4 Å². The summed E-state index contributed by atoms with van der Waals surface area (Å²) in [5, 5.41) is 2.76. The van der Waals surface area contributed by atoms with Gasteiger partial charge in [-0.3, -0.25) is 19.3 Å². The third-order valence-corrected chi connectivity index (χ3v) is 7.58. The summed E-state index contributed by atoms with van der Waals surface area (Å²) >= 11 is 0. The summed E-state index contributed by atoms with van der Waals surface area (Å²) in [5.74, 6) is -0.541. The maximum Gasteiger partial charge on any atom is 0.338 e. The Bertz CT molecular complexity index is 964. The van der Waals surface area contributed by atoms with E-state index in [9.17, 15) is 19.2 Å². The van der Waals surface area contributed by atoms with E-state index in [0.29, 0.717) is 29.7 Å². The van der Waals surface area contributed by atoms with Gasteiger partial charge in [0.1, 0.15) is 6.04 Å². The normalized spacial score (nSPS) is 32.4. The van der Waals surface area contributed by atoms with Gasteiger partial charge in [-0.05, 0) is 67.7 Å². The number of benzene rings is 1. The molecule has 1 aromatic rings. The lowest BCUT2D eigenvalue weighted by molar-refractivity contribution is -0.146. The molecule has 1 saturated heterocycles. The molecule has 7 atom stereocenters. The maximum absolute atomic E-state index is 13.2. The van der Waals surface area contributed by atoms with E-state index in [-0.39, 0.29) is 35.5 Å². The lowest BCUT2D eigenvalue weighted by Crippen LogP contribution is -2.46. The second kappa shape index (κ2) is 7.87. The van der Waals surface area contributed by atoms with E-state index < -0.39 is 17.9 Å². The Morgan fingerprint density at radius 3 is 2.22 bits per heavy atom. The van der Waals surface area contributed by atoms with Crippen LogP contribution < -0.4 is 5.32 Å². The van der Waals surface area contributed by atoms with Crippen molar-refractivity contribution in [2.45, 2.75) is 39.2 Å². The summed E-state index contributed by atoms with van der Waals surface area (Å²) in [5.41, 5.74) is 0.897. The van der Waals surface area contributed by atoms with Crippen molar-refractivity contribution in [1.29, 1.82) is 0 Å². The number of rotatable bonds is 7. The Morgan fingerprint density at radius 2 is 1.66 bits per heavy atom. The summed E-state index contributed by atoms with van der Waals surface area (Å²) in [4.78, 5) is 52.4. The van der Waals surface area contributed by atoms with Crippen LogP contribution in [0.2, 0.25) is 0 Å². The number of nitrogens with zero attached hydrogens (tertiary/aromatic N) is 1. The molecule has 0 unspecified atom stereocenters. The first kappa shape index (κ1) is 20.9. The second-order valence-electron chi connectivity index (χ2n) is 9.43. The summed E-state index contributed by atoms with van der Waals surface area (Å²) < 4.78 is 5.19. The molecule has 6 rings (SSSR count). The number of unbranched alkanes of at least 4 members (excludes halogenated alkanes) is 1. The lowest BCUT2D eigenvalue weighted by Gasteiger charge is -2.37. The molecule has 1 aliphatic heterocycles. The standard InChI is InChI=1S/C25H28N2O5/c1-3-4-11-32-25(31)14-5-7-15(8-6-14)26-22(28)13(2)27-23(29)20-16-9-10-17(19-12-18(16)19)21(20)24(27)30/h5-10,13,16-21H,3-4,11-12H2,1-2H3,(H,26,28)/t13-,16-,17-,18-,19+,20+,21+/m0/s1. The molecular weight excluding hydrogens is 408 g/mol. The Labute approximate surface area is 187 Å². The smallest absolute Gasteiger partial charge is 0.338 e. The van der Waals surface area contributed by atoms with Gasteiger partial charge in [-0.2, -0.15) is 0 Å². The quantitative estimate of drug-likeness (QED) is 0.307. The summed E-state index contributed by atoms with van der Waals surface area (Å²) in [6.45, 7) is 4.00. The average Bonchev–Trinajstić information content (AvgIpc) is 3.57. The molecule has 32 heavy (non-hydrogen) atoms. The van der Waals surface area contributed by atoms with Gasteiger partial charge in [-0.15, -0.1) is 0 Å². The number of esters is 1. The topological polar surface area (TPSA) is 92.8 Å². The molecule has 7 nitrogen and oxygen atoms in total. The van der Waals surface area contributed by atoms with Crippen LogP contribution in [0.3, 0.4) is 0 Å². The highest BCUT2D eigenvalue weighted by Crippen LogP contribution is 2.65. The molecule has 1 heterocycles. The van der Waals surface area contributed by atoms with E-state index in [1.165, 1.54) is 4.90 Å². The zero-order valence-electron chi connectivity index (χ0n) is 18.3. The van der Waals surface area contributed by atoms with Crippen LogP contribution in [-0.2, 0) is 19.1 Å². The number of carbonyl (C=O) groups excluding carboxylic acids is 4. The van der Waals surface area contributed by atoms with Gasteiger partial charge >= 0.3 is 5.97 Å². The van der Waals surface area contributed by atoms with E-state index in [2.05, 4.69) is 17.5 Å². The van der Waals surface area contributed by atoms with Crippen LogP contribution in [0.5, 0.6) is 0 Å². The number of nitrogens with one attached hydrogen (secondary N) is 1. The Kier molecular flexibility index (Phi) is 5.14. The highest BCUT2D eigenvalue weighted by molar-refractivity contribution is 6.10. The van der Waals surface area contributed by atoms with E-state index >= 15 is 0 Å². The number of allylic oxidation sites excluding steroid dienone is 2. The fourth-order valence-corrected chi connectivity index (χ4v) is 5.81. The van der Waals surface area contributed by atoms with Gasteiger partial charge in [0.05, 0.1) is 24.0 Å². The van der Waals surface area contributed by atoms with Crippen LogP contribution in [0.4, 0.5) is 5.69 Å². The fourth-order valence-electron chi connectivity index (χ4n) is 5.81. The van der Waals surface area contributed by atoms with Gasteiger partial charge in [0.25, 0.3) is 0 Å². The third-order valence-electron chi connectivity index (χ3n) is 7.58. The SMILES string of the molecule is CCCCOC(=O)c1ccc(NC(=O)[C@H](C)N2C(=O)[C@@H]3[C@H]4C=C[C@@H]([C@@H]5C[C@H]45)[C@H]3C2=O)cc1. The van der Waals surface area contributed by atoms with Crippen molar-refractivity contribution in [3.63, 3.8) is 0 Å². The first-order valence-corrected chi connectivity index (χ1v) is 11.6. The van der Waals surface area contributed by atoms with E-state index in [0.717, 1.165) is 19.3 Å². The number of anilines is 1. The molecular formula is C25H28N2O5. The van der Waals surface area contributed by atoms with Gasteiger partial charge < -0.3 is 10.1 Å². The van der Waals surface area contributed by atoms with Crippen LogP contribution in [0.25, 0.3) is 0 Å². The van der Waals surface area contributed by atoms with Crippen molar-refractivity contribution in [3.05, 3.63) is 42.0 Å². The molecule has 7 heteroatoms. The second-order valence-corrected chi connectivity index (χ2v) is 9.43. The number of ether oxygens (including phenoxy) is 1. The van der Waals surface area contributed by atoms with Crippen molar-refractivity contribution >= 4 is 29.4 Å². The predicted octanol–water partition coefficient (Wildman–Crippen LogP) is 3.02. The Balaban J connectivity index is 1.23. The number of amides is 3. The summed E-state index contributed by atoms with van der Waals surface area (Å²) in [7, 11) is 0. The van der Waals surface area contributed by atoms with Gasteiger partial charge in [0.15, 0.2) is 0 Å². The molecule has 0 radical (unpaired) electrons. The van der Waals surface area contributed by atoms with Crippen LogP contribution >= 0.6 is 0 Å². The molecule has 1 N–H and O–H groups in total. The van der Waals surface area contributed by atoms with Crippen molar-refractivity contribution in [1.82, 2.24) is 4.90 Å².